The standard InChI is InChI=1S/C20H21N5O4S2/c1-28-13-9-7-12(8-10-13)25-20(22-23-24-25)30-11-16(26)21-18-17(19(27)29-2)14-5-3-4-6-15(14)31-18/h7-10H,3-6,11H2,1-2H3,(H,21,26). The van der Waals surface area contributed by atoms with Crippen molar-refractivity contribution in [3.63, 3.8) is 0 Å². The first kappa shape index (κ1) is 21.3. The molecule has 1 N–H and O–H groups in total. The van der Waals surface area contributed by atoms with Crippen LogP contribution in [-0.4, -0.2) is 52.1 Å². The van der Waals surface area contributed by atoms with Gasteiger partial charge in [-0.3, -0.25) is 4.79 Å². The van der Waals surface area contributed by atoms with E-state index in [0.29, 0.717) is 15.7 Å². The van der Waals surface area contributed by atoms with E-state index in [2.05, 4.69) is 20.8 Å². The molecule has 0 bridgehead atoms. The number of nitrogens with one attached hydrogen (secondary N) is 1. The number of carbonyl (C=O) groups is 2. The van der Waals surface area contributed by atoms with Gasteiger partial charge in [-0.25, -0.2) is 4.79 Å². The molecular formula is C20H21N5O4S2. The van der Waals surface area contributed by atoms with Crippen LogP contribution in [-0.2, 0) is 22.4 Å². The third-order valence-electron chi connectivity index (χ3n) is 4.90. The summed E-state index contributed by atoms with van der Waals surface area (Å²) >= 11 is 2.67. The predicted molar refractivity (Wildman–Crippen MR) is 117 cm³/mol. The molecule has 1 aromatic carbocycles. The number of anilines is 1. The van der Waals surface area contributed by atoms with Gasteiger partial charge in [-0.05, 0) is 65.9 Å². The summed E-state index contributed by atoms with van der Waals surface area (Å²) in [6.45, 7) is 0. The lowest BCUT2D eigenvalue weighted by Gasteiger charge is -2.11. The van der Waals surface area contributed by atoms with E-state index in [1.165, 1.54) is 30.2 Å². The normalized spacial score (nSPS) is 12.8. The van der Waals surface area contributed by atoms with Gasteiger partial charge in [-0.15, -0.1) is 16.4 Å². The first-order valence-electron chi connectivity index (χ1n) is 9.69. The Bertz CT molecular complexity index is 1090. The molecule has 1 aliphatic carbocycles. The van der Waals surface area contributed by atoms with Crippen molar-refractivity contribution in [1.29, 1.82) is 0 Å². The number of methoxy groups -OCH3 is 2. The van der Waals surface area contributed by atoms with Crippen LogP contribution in [0.3, 0.4) is 0 Å². The maximum atomic E-state index is 12.6. The Balaban J connectivity index is 1.46. The maximum Gasteiger partial charge on any atom is 0.341 e. The van der Waals surface area contributed by atoms with E-state index in [0.717, 1.165) is 47.6 Å². The Morgan fingerprint density at radius 2 is 1.97 bits per heavy atom. The highest BCUT2D eigenvalue weighted by Gasteiger charge is 2.27. The summed E-state index contributed by atoms with van der Waals surface area (Å²) < 4.78 is 11.7. The number of esters is 1. The summed E-state index contributed by atoms with van der Waals surface area (Å²) in [5, 5.41) is 15.6. The molecule has 1 aliphatic rings. The molecule has 0 aliphatic heterocycles. The molecule has 0 fully saturated rings. The summed E-state index contributed by atoms with van der Waals surface area (Å²) in [5.74, 6) is 0.175. The van der Waals surface area contributed by atoms with E-state index in [4.69, 9.17) is 9.47 Å². The first-order valence-corrected chi connectivity index (χ1v) is 11.5. The SMILES string of the molecule is COC(=O)c1c(NC(=O)CSc2nnnn2-c2ccc(OC)cc2)sc2c1CCCC2. The third-order valence-corrected chi connectivity index (χ3v) is 7.03. The Labute approximate surface area is 187 Å². The Kier molecular flexibility index (Phi) is 6.52. The van der Waals surface area contributed by atoms with Crippen molar-refractivity contribution < 1.29 is 19.1 Å². The number of hydrogen-bond acceptors (Lipinski definition) is 9. The highest BCUT2D eigenvalue weighted by atomic mass is 32.2. The van der Waals surface area contributed by atoms with Crippen LogP contribution in [0, 0.1) is 0 Å². The number of carbonyl (C=O) groups excluding carboxylic acids is 2. The largest absolute Gasteiger partial charge is 0.497 e. The minimum Gasteiger partial charge on any atom is -0.497 e. The van der Waals surface area contributed by atoms with E-state index < -0.39 is 5.97 Å². The molecule has 0 radical (unpaired) electrons. The highest BCUT2D eigenvalue weighted by molar-refractivity contribution is 7.99. The Morgan fingerprint density at radius 1 is 1.19 bits per heavy atom. The van der Waals surface area contributed by atoms with Gasteiger partial charge in [0.25, 0.3) is 0 Å². The number of ether oxygens (including phenoxy) is 2. The molecule has 2 heterocycles. The number of benzene rings is 1. The molecule has 0 spiro atoms. The summed E-state index contributed by atoms with van der Waals surface area (Å²) in [6.07, 6.45) is 3.87. The number of amides is 1. The molecule has 162 valence electrons. The molecule has 2 aromatic heterocycles. The quantitative estimate of drug-likeness (QED) is 0.424. The third kappa shape index (κ3) is 4.57. The van der Waals surface area contributed by atoms with Crippen molar-refractivity contribution in [2.45, 2.75) is 30.8 Å². The van der Waals surface area contributed by atoms with E-state index in [1.54, 1.807) is 11.8 Å². The van der Waals surface area contributed by atoms with Crippen molar-refractivity contribution in [2.24, 2.45) is 0 Å². The van der Waals surface area contributed by atoms with Crippen LogP contribution in [0.1, 0.15) is 33.6 Å². The average Bonchev–Trinajstić information content (AvgIpc) is 3.41. The fraction of sp³-hybridized carbons (Fsp3) is 0.350. The molecule has 11 heteroatoms. The number of hydrogen-bond donors (Lipinski definition) is 1. The van der Waals surface area contributed by atoms with Crippen molar-refractivity contribution >= 4 is 40.0 Å². The van der Waals surface area contributed by atoms with E-state index in [9.17, 15) is 9.59 Å². The van der Waals surface area contributed by atoms with Crippen LogP contribution in [0.4, 0.5) is 5.00 Å². The monoisotopic (exact) mass is 459 g/mol. The summed E-state index contributed by atoms with van der Waals surface area (Å²) in [7, 11) is 2.96. The van der Waals surface area contributed by atoms with E-state index >= 15 is 0 Å². The van der Waals surface area contributed by atoms with Crippen molar-refractivity contribution in [3.8, 4) is 11.4 Å². The molecule has 1 amide bonds. The van der Waals surface area contributed by atoms with Gasteiger partial charge in [0.05, 0.1) is 31.2 Å². The number of fused-ring (bicyclic) bond motifs is 1. The zero-order valence-electron chi connectivity index (χ0n) is 17.1. The molecule has 31 heavy (non-hydrogen) atoms. The van der Waals surface area contributed by atoms with Gasteiger partial charge in [-0.2, -0.15) is 4.68 Å². The van der Waals surface area contributed by atoms with Crippen LogP contribution >= 0.6 is 23.1 Å². The Morgan fingerprint density at radius 3 is 2.71 bits per heavy atom. The van der Waals surface area contributed by atoms with Gasteiger partial charge in [-0.1, -0.05) is 11.8 Å². The summed E-state index contributed by atoms with van der Waals surface area (Å²) in [4.78, 5) is 26.1. The van der Waals surface area contributed by atoms with E-state index in [-0.39, 0.29) is 11.7 Å². The number of nitrogens with zero attached hydrogens (tertiary/aromatic N) is 4. The van der Waals surface area contributed by atoms with Crippen LogP contribution in [0.5, 0.6) is 5.75 Å². The van der Waals surface area contributed by atoms with Gasteiger partial charge in [0, 0.05) is 4.88 Å². The average molecular weight is 460 g/mol. The molecule has 9 nitrogen and oxygen atoms in total. The number of aryl methyl sites for hydroxylation is 1. The van der Waals surface area contributed by atoms with Gasteiger partial charge in [0.1, 0.15) is 10.8 Å². The van der Waals surface area contributed by atoms with Crippen LogP contribution in [0.15, 0.2) is 29.4 Å². The lowest BCUT2D eigenvalue weighted by Crippen LogP contribution is -2.17. The van der Waals surface area contributed by atoms with Crippen LogP contribution in [0.25, 0.3) is 5.69 Å². The van der Waals surface area contributed by atoms with Crippen molar-refractivity contribution in [2.75, 3.05) is 25.3 Å². The summed E-state index contributed by atoms with van der Waals surface area (Å²) in [5.41, 5.74) is 2.26. The number of aromatic nitrogens is 4. The topological polar surface area (TPSA) is 108 Å². The van der Waals surface area contributed by atoms with Gasteiger partial charge in [0.15, 0.2) is 0 Å². The summed E-state index contributed by atoms with van der Waals surface area (Å²) in [6, 6.07) is 7.28. The number of rotatable bonds is 7. The maximum absolute atomic E-state index is 12.6. The lowest BCUT2D eigenvalue weighted by atomic mass is 9.95. The number of thiophene rings is 1. The molecule has 0 unspecified atom stereocenters. The van der Waals surface area contributed by atoms with Crippen molar-refractivity contribution in [1.82, 2.24) is 20.2 Å². The van der Waals surface area contributed by atoms with E-state index in [1.807, 2.05) is 24.3 Å². The second kappa shape index (κ2) is 9.48. The Hall–Kier alpha value is -2.92. The molecule has 3 aromatic rings. The lowest BCUT2D eigenvalue weighted by molar-refractivity contribution is -0.113. The van der Waals surface area contributed by atoms with Gasteiger partial charge < -0.3 is 14.8 Å². The number of tetrazole rings is 1. The molecule has 0 saturated carbocycles. The van der Waals surface area contributed by atoms with Crippen LogP contribution < -0.4 is 10.1 Å². The molecule has 0 saturated heterocycles. The first-order chi connectivity index (χ1) is 15.1. The zero-order valence-corrected chi connectivity index (χ0v) is 18.7. The smallest absolute Gasteiger partial charge is 0.341 e. The highest BCUT2D eigenvalue weighted by Crippen LogP contribution is 2.38. The number of thioether (sulfide) groups is 1. The van der Waals surface area contributed by atoms with Crippen LogP contribution in [0.2, 0.25) is 0 Å². The molecule has 0 atom stereocenters. The van der Waals surface area contributed by atoms with Gasteiger partial charge >= 0.3 is 5.97 Å². The molecular weight excluding hydrogens is 438 g/mol. The minimum absolute atomic E-state index is 0.0969. The zero-order chi connectivity index (χ0) is 21.8. The fourth-order valence-corrected chi connectivity index (χ4v) is 5.40. The minimum atomic E-state index is -0.411. The predicted octanol–water partition coefficient (Wildman–Crippen LogP) is 3.13. The fourth-order valence-electron chi connectivity index (χ4n) is 3.42. The van der Waals surface area contributed by atoms with Gasteiger partial charge in [0.2, 0.25) is 11.1 Å². The van der Waals surface area contributed by atoms with Crippen molar-refractivity contribution in [3.05, 3.63) is 40.3 Å². The second-order valence-corrected chi connectivity index (χ2v) is 8.86. The molecule has 4 rings (SSSR count). The second-order valence-electron chi connectivity index (χ2n) is 6.81.